The van der Waals surface area contributed by atoms with Crippen LogP contribution >= 0.6 is 11.6 Å². The molecule has 0 fully saturated rings. The van der Waals surface area contributed by atoms with Crippen molar-refractivity contribution in [3.8, 4) is 5.75 Å². The molecule has 0 spiro atoms. The van der Waals surface area contributed by atoms with Crippen molar-refractivity contribution in [1.29, 1.82) is 0 Å². The van der Waals surface area contributed by atoms with Crippen LogP contribution in [0.5, 0.6) is 5.75 Å². The number of aromatic hydroxyl groups is 1. The van der Waals surface area contributed by atoms with Gasteiger partial charge in [0.25, 0.3) is 0 Å². The number of benzene rings is 1. The van der Waals surface area contributed by atoms with Crippen molar-refractivity contribution in [1.82, 2.24) is 19.5 Å². The van der Waals surface area contributed by atoms with Crippen molar-refractivity contribution in [2.75, 3.05) is 11.2 Å². The van der Waals surface area contributed by atoms with E-state index in [1.807, 2.05) is 10.6 Å². The Morgan fingerprint density at radius 3 is 3.05 bits per heavy atom. The summed E-state index contributed by atoms with van der Waals surface area (Å²) in [5.74, 6) is 1.40. The summed E-state index contributed by atoms with van der Waals surface area (Å²) in [6, 6.07) is 7.09. The van der Waals surface area contributed by atoms with Crippen LogP contribution in [0.25, 0.3) is 11.2 Å². The van der Waals surface area contributed by atoms with Gasteiger partial charge in [-0.05, 0) is 17.7 Å². The number of imidazole rings is 1. The summed E-state index contributed by atoms with van der Waals surface area (Å²) in [5.41, 5.74) is 2.44. The second kappa shape index (κ2) is 5.97. The molecule has 108 valence electrons. The molecule has 6 nitrogen and oxygen atoms in total. The van der Waals surface area contributed by atoms with Crippen LogP contribution < -0.4 is 5.32 Å². The molecule has 0 saturated carbocycles. The predicted octanol–water partition coefficient (Wildman–Crippen LogP) is 2.38. The average molecular weight is 304 g/mol. The van der Waals surface area contributed by atoms with Gasteiger partial charge in [0.15, 0.2) is 5.65 Å². The van der Waals surface area contributed by atoms with Crippen LogP contribution in [0.3, 0.4) is 0 Å². The van der Waals surface area contributed by atoms with E-state index in [-0.39, 0.29) is 5.75 Å². The Morgan fingerprint density at radius 1 is 1.33 bits per heavy atom. The standard InChI is InChI=1S/C14H14ClN5O/c15-4-5-20-13-12(8-16-9-18-13)19-14(20)17-7-10-2-1-3-11(21)6-10/h1-3,6,8-9,21H,4-5,7H2,(H,17,19). The Bertz CT molecular complexity index is 758. The van der Waals surface area contributed by atoms with Crippen LogP contribution in [0.15, 0.2) is 36.8 Å². The van der Waals surface area contributed by atoms with E-state index in [4.69, 9.17) is 11.6 Å². The molecular formula is C14H14ClN5O. The van der Waals surface area contributed by atoms with Crippen LogP contribution in [-0.2, 0) is 13.1 Å². The van der Waals surface area contributed by atoms with Crippen molar-refractivity contribution in [3.05, 3.63) is 42.4 Å². The van der Waals surface area contributed by atoms with E-state index in [2.05, 4.69) is 20.3 Å². The Balaban J connectivity index is 1.87. The molecule has 21 heavy (non-hydrogen) atoms. The quantitative estimate of drug-likeness (QED) is 0.708. The molecule has 0 radical (unpaired) electrons. The van der Waals surface area contributed by atoms with Crippen LogP contribution in [0.4, 0.5) is 5.95 Å². The normalized spacial score (nSPS) is 10.9. The molecule has 0 unspecified atom stereocenters. The molecule has 0 aliphatic carbocycles. The summed E-state index contributed by atoms with van der Waals surface area (Å²) in [6.07, 6.45) is 3.17. The first-order valence-corrected chi connectivity index (χ1v) is 7.05. The Hall–Kier alpha value is -2.34. The predicted molar refractivity (Wildman–Crippen MR) is 81.5 cm³/mol. The van der Waals surface area contributed by atoms with E-state index in [0.717, 1.165) is 16.7 Å². The molecule has 1 aromatic carbocycles. The van der Waals surface area contributed by atoms with Crippen molar-refractivity contribution in [3.63, 3.8) is 0 Å². The molecule has 0 atom stereocenters. The number of nitrogens with zero attached hydrogens (tertiary/aromatic N) is 4. The largest absolute Gasteiger partial charge is 0.508 e. The van der Waals surface area contributed by atoms with Crippen LogP contribution in [0.1, 0.15) is 5.56 Å². The topological polar surface area (TPSA) is 75.9 Å². The highest BCUT2D eigenvalue weighted by Gasteiger charge is 2.11. The van der Waals surface area contributed by atoms with Gasteiger partial charge in [0, 0.05) is 19.0 Å². The number of hydrogen-bond acceptors (Lipinski definition) is 5. The van der Waals surface area contributed by atoms with Gasteiger partial charge in [-0.2, -0.15) is 0 Å². The molecule has 3 aromatic rings. The molecule has 0 aliphatic rings. The number of nitrogens with one attached hydrogen (secondary N) is 1. The monoisotopic (exact) mass is 303 g/mol. The first-order valence-electron chi connectivity index (χ1n) is 6.52. The van der Waals surface area contributed by atoms with Gasteiger partial charge in [-0.1, -0.05) is 12.1 Å². The highest BCUT2D eigenvalue weighted by molar-refractivity contribution is 6.17. The van der Waals surface area contributed by atoms with Gasteiger partial charge in [-0.15, -0.1) is 11.6 Å². The van der Waals surface area contributed by atoms with Crippen LogP contribution in [0, 0.1) is 0 Å². The van der Waals surface area contributed by atoms with Gasteiger partial charge in [0.05, 0.1) is 6.20 Å². The maximum absolute atomic E-state index is 9.48. The van der Waals surface area contributed by atoms with Gasteiger partial charge >= 0.3 is 0 Å². The molecule has 0 saturated heterocycles. The van der Waals surface area contributed by atoms with Crippen molar-refractivity contribution in [2.24, 2.45) is 0 Å². The molecule has 2 aromatic heterocycles. The highest BCUT2D eigenvalue weighted by Crippen LogP contribution is 2.18. The Morgan fingerprint density at radius 2 is 2.24 bits per heavy atom. The molecule has 2 N–H and O–H groups in total. The molecule has 0 bridgehead atoms. The van der Waals surface area contributed by atoms with E-state index >= 15 is 0 Å². The molecule has 7 heteroatoms. The van der Waals surface area contributed by atoms with Crippen LogP contribution in [0.2, 0.25) is 0 Å². The molecule has 0 amide bonds. The maximum Gasteiger partial charge on any atom is 0.205 e. The van der Waals surface area contributed by atoms with E-state index in [9.17, 15) is 5.11 Å². The van der Waals surface area contributed by atoms with Gasteiger partial charge in [-0.3, -0.25) is 4.57 Å². The summed E-state index contributed by atoms with van der Waals surface area (Å²) in [5, 5.41) is 12.7. The van der Waals surface area contributed by atoms with Gasteiger partial charge in [0.1, 0.15) is 17.6 Å². The summed E-state index contributed by atoms with van der Waals surface area (Å²) in [6.45, 7) is 1.16. The lowest BCUT2D eigenvalue weighted by atomic mass is 10.2. The number of phenols is 1. The van der Waals surface area contributed by atoms with Crippen molar-refractivity contribution in [2.45, 2.75) is 13.1 Å². The third-order valence-electron chi connectivity index (χ3n) is 3.08. The van der Waals surface area contributed by atoms with Gasteiger partial charge in [-0.25, -0.2) is 15.0 Å². The zero-order valence-corrected chi connectivity index (χ0v) is 12.0. The minimum absolute atomic E-state index is 0.245. The van der Waals surface area contributed by atoms with Crippen LogP contribution in [-0.4, -0.2) is 30.5 Å². The lowest BCUT2D eigenvalue weighted by Crippen LogP contribution is -2.09. The third kappa shape index (κ3) is 2.90. The minimum atomic E-state index is 0.245. The molecule has 3 rings (SSSR count). The van der Waals surface area contributed by atoms with E-state index in [1.54, 1.807) is 24.4 Å². The van der Waals surface area contributed by atoms with Crippen molar-refractivity contribution < 1.29 is 5.11 Å². The lowest BCUT2D eigenvalue weighted by molar-refractivity contribution is 0.474. The third-order valence-corrected chi connectivity index (χ3v) is 3.25. The fraction of sp³-hybridized carbons (Fsp3) is 0.214. The number of hydrogen-bond donors (Lipinski definition) is 2. The summed E-state index contributed by atoms with van der Waals surface area (Å²) < 4.78 is 1.92. The average Bonchev–Trinajstić information content (AvgIpc) is 2.84. The number of rotatable bonds is 5. The zero-order valence-electron chi connectivity index (χ0n) is 11.2. The van der Waals surface area contributed by atoms with Crippen molar-refractivity contribution >= 4 is 28.7 Å². The number of halogens is 1. The SMILES string of the molecule is Oc1cccc(CNc2nc3cncnc3n2CCCl)c1. The van der Waals surface area contributed by atoms with E-state index < -0.39 is 0 Å². The summed E-state index contributed by atoms with van der Waals surface area (Å²) >= 11 is 5.85. The number of alkyl halides is 1. The lowest BCUT2D eigenvalue weighted by Gasteiger charge is -2.09. The summed E-state index contributed by atoms with van der Waals surface area (Å²) in [4.78, 5) is 12.7. The fourth-order valence-electron chi connectivity index (χ4n) is 2.16. The number of anilines is 1. The highest BCUT2D eigenvalue weighted by atomic mass is 35.5. The minimum Gasteiger partial charge on any atom is -0.508 e. The smallest absolute Gasteiger partial charge is 0.205 e. The van der Waals surface area contributed by atoms with Gasteiger partial charge in [0.2, 0.25) is 5.95 Å². The molecular weight excluding hydrogens is 290 g/mol. The van der Waals surface area contributed by atoms with E-state index in [0.29, 0.717) is 24.9 Å². The number of phenolic OH excluding ortho intramolecular Hbond substituents is 1. The number of aromatic nitrogens is 4. The number of aryl methyl sites for hydroxylation is 1. The summed E-state index contributed by atoms with van der Waals surface area (Å²) in [7, 11) is 0. The maximum atomic E-state index is 9.48. The first kappa shape index (κ1) is 13.6. The molecule has 0 aliphatic heterocycles. The first-order chi connectivity index (χ1) is 10.3. The number of fused-ring (bicyclic) bond motifs is 1. The second-order valence-electron chi connectivity index (χ2n) is 4.53. The Kier molecular flexibility index (Phi) is 3.87. The molecule has 2 heterocycles. The fourth-order valence-corrected chi connectivity index (χ4v) is 2.33. The van der Waals surface area contributed by atoms with Gasteiger partial charge < -0.3 is 10.4 Å². The van der Waals surface area contributed by atoms with E-state index in [1.165, 1.54) is 6.33 Å². The second-order valence-corrected chi connectivity index (χ2v) is 4.91. The Labute approximate surface area is 126 Å². The zero-order chi connectivity index (χ0) is 14.7.